The van der Waals surface area contributed by atoms with E-state index in [4.69, 9.17) is 14.2 Å². The van der Waals surface area contributed by atoms with Gasteiger partial charge in [-0.3, -0.25) is 24.1 Å². The van der Waals surface area contributed by atoms with Crippen molar-refractivity contribution in [2.75, 3.05) is 32.8 Å². The first-order chi connectivity index (χ1) is 23.3. The molecule has 3 saturated carbocycles. The Balaban J connectivity index is 1.32. The molecule has 2 heterocycles. The number of ether oxygens (including phenoxy) is 3. The van der Waals surface area contributed by atoms with Crippen molar-refractivity contribution < 1.29 is 38.5 Å². The van der Waals surface area contributed by atoms with E-state index < -0.39 is 46.3 Å². The lowest BCUT2D eigenvalue weighted by molar-refractivity contribution is -0.263. The van der Waals surface area contributed by atoms with E-state index in [9.17, 15) is 24.3 Å². The Morgan fingerprint density at radius 2 is 1.72 bits per heavy atom. The number of hydrogen-bond acceptors (Lipinski definition) is 8. The fourth-order valence-corrected chi connectivity index (χ4v) is 12.8. The van der Waals surface area contributed by atoms with Gasteiger partial charge in [0, 0.05) is 43.8 Å². The fourth-order valence-electron chi connectivity index (χ4n) is 12.8. The number of amides is 1. The molecular formula is C40H62N2O8. The van der Waals surface area contributed by atoms with Gasteiger partial charge in [-0.25, -0.2) is 0 Å². The van der Waals surface area contributed by atoms with Gasteiger partial charge in [0.25, 0.3) is 0 Å². The van der Waals surface area contributed by atoms with Gasteiger partial charge in [0.2, 0.25) is 5.91 Å². The molecule has 2 N–H and O–H groups in total. The summed E-state index contributed by atoms with van der Waals surface area (Å²) < 4.78 is 19.0. The van der Waals surface area contributed by atoms with Crippen LogP contribution in [0.5, 0.6) is 0 Å². The maximum Gasteiger partial charge on any atom is 0.320 e. The molecule has 2 saturated heterocycles. The van der Waals surface area contributed by atoms with E-state index >= 15 is 0 Å². The summed E-state index contributed by atoms with van der Waals surface area (Å²) in [6.07, 6.45) is 6.78. The average Bonchev–Trinajstić information content (AvgIpc) is 3.44. The zero-order valence-electron chi connectivity index (χ0n) is 31.9. The van der Waals surface area contributed by atoms with E-state index in [1.54, 1.807) is 0 Å². The number of carbonyl (C=O) groups excluding carboxylic acids is 3. The van der Waals surface area contributed by atoms with Crippen LogP contribution in [-0.2, 0) is 33.4 Å². The Kier molecular flexibility index (Phi) is 9.61. The van der Waals surface area contributed by atoms with Gasteiger partial charge < -0.3 is 24.6 Å². The van der Waals surface area contributed by atoms with E-state index in [0.717, 1.165) is 32.1 Å². The summed E-state index contributed by atoms with van der Waals surface area (Å²) in [6.45, 7) is 20.9. The van der Waals surface area contributed by atoms with Gasteiger partial charge in [-0.15, -0.1) is 0 Å². The number of likely N-dealkylation sites (tertiary alicyclic amines) is 1. The average molecular weight is 699 g/mol. The number of fused-ring (bicyclic) bond motifs is 3. The van der Waals surface area contributed by atoms with Crippen molar-refractivity contribution in [2.45, 2.75) is 126 Å². The number of aliphatic carboxylic acids is 1. The van der Waals surface area contributed by atoms with Crippen molar-refractivity contribution in [1.29, 1.82) is 0 Å². The van der Waals surface area contributed by atoms with Crippen LogP contribution in [0.4, 0.5) is 0 Å². The molecule has 12 atom stereocenters. The molecule has 2 aliphatic heterocycles. The second kappa shape index (κ2) is 12.9. The molecule has 6 aliphatic rings. The number of nitrogens with one attached hydrogen (secondary N) is 1. The van der Waals surface area contributed by atoms with Crippen molar-refractivity contribution in [3.63, 3.8) is 0 Å². The highest BCUT2D eigenvalue weighted by Crippen LogP contribution is 2.75. The first-order valence-electron chi connectivity index (χ1n) is 19.2. The van der Waals surface area contributed by atoms with E-state index in [2.05, 4.69) is 59.9 Å². The molecule has 0 aromatic rings. The smallest absolute Gasteiger partial charge is 0.320 e. The van der Waals surface area contributed by atoms with E-state index in [1.165, 1.54) is 19.4 Å². The van der Waals surface area contributed by atoms with Crippen LogP contribution in [0.3, 0.4) is 0 Å². The van der Waals surface area contributed by atoms with Crippen LogP contribution in [0.1, 0.15) is 107 Å². The Hall–Kier alpha value is -2.46. The zero-order chi connectivity index (χ0) is 36.6. The summed E-state index contributed by atoms with van der Waals surface area (Å²) in [5.74, 6) is -0.987. The second-order valence-electron chi connectivity index (χ2n) is 18.5. The van der Waals surface area contributed by atoms with Crippen molar-refractivity contribution in [1.82, 2.24) is 10.2 Å². The van der Waals surface area contributed by atoms with Crippen molar-refractivity contribution in [3.8, 4) is 0 Å². The van der Waals surface area contributed by atoms with Gasteiger partial charge in [0.15, 0.2) is 0 Å². The van der Waals surface area contributed by atoms with Gasteiger partial charge in [-0.1, -0.05) is 60.1 Å². The first kappa shape index (κ1) is 37.3. The number of carboxylic acids is 1. The van der Waals surface area contributed by atoms with Crippen LogP contribution < -0.4 is 5.32 Å². The number of carbonyl (C=O) groups is 4. The Morgan fingerprint density at radius 1 is 1.00 bits per heavy atom. The number of rotatable bonds is 8. The third-order valence-corrected chi connectivity index (χ3v) is 15.7. The molecule has 6 rings (SSSR count). The number of hydrogen-bond donors (Lipinski definition) is 2. The number of nitrogens with zero attached hydrogens (tertiary/aromatic N) is 1. The molecule has 1 unspecified atom stereocenters. The quantitative estimate of drug-likeness (QED) is 0.245. The molecule has 0 aromatic heterocycles. The summed E-state index contributed by atoms with van der Waals surface area (Å²) in [6, 6.07) is 0.0126. The van der Waals surface area contributed by atoms with E-state index in [0.29, 0.717) is 45.1 Å². The van der Waals surface area contributed by atoms with Crippen LogP contribution in [0, 0.1) is 56.7 Å². The second-order valence-corrected chi connectivity index (χ2v) is 18.5. The highest BCUT2D eigenvalue weighted by atomic mass is 16.6. The number of carboxylic acid groups (broad SMARTS) is 1. The predicted molar refractivity (Wildman–Crippen MR) is 188 cm³/mol. The largest absolute Gasteiger partial charge is 0.481 e. The molecule has 10 heteroatoms. The summed E-state index contributed by atoms with van der Waals surface area (Å²) >= 11 is 0. The highest BCUT2D eigenvalue weighted by molar-refractivity contribution is 5.74. The van der Waals surface area contributed by atoms with E-state index in [1.807, 2.05) is 4.90 Å². The predicted octanol–water partition coefficient (Wildman–Crippen LogP) is 5.63. The monoisotopic (exact) mass is 698 g/mol. The van der Waals surface area contributed by atoms with Crippen LogP contribution in [-0.4, -0.2) is 84.9 Å². The molecule has 2 bridgehead atoms. The van der Waals surface area contributed by atoms with Gasteiger partial charge in [-0.2, -0.15) is 0 Å². The third kappa shape index (κ3) is 5.64. The molecule has 0 aromatic carbocycles. The Bertz CT molecular complexity index is 1430. The van der Waals surface area contributed by atoms with Crippen molar-refractivity contribution >= 4 is 23.8 Å². The number of allylic oxidation sites excluding steroid dienone is 1. The normalized spacial score (nSPS) is 44.6. The van der Waals surface area contributed by atoms with Crippen molar-refractivity contribution in [2.24, 2.45) is 56.7 Å². The van der Waals surface area contributed by atoms with Gasteiger partial charge >= 0.3 is 17.9 Å². The maximum absolute atomic E-state index is 13.6. The molecule has 5 fully saturated rings. The summed E-state index contributed by atoms with van der Waals surface area (Å²) in [5.41, 5.74) is -0.590. The van der Waals surface area contributed by atoms with Crippen LogP contribution in [0.15, 0.2) is 11.6 Å². The lowest BCUT2D eigenvalue weighted by Crippen LogP contribution is -2.70. The molecular weight excluding hydrogens is 636 g/mol. The molecule has 10 nitrogen and oxygen atoms in total. The summed E-state index contributed by atoms with van der Waals surface area (Å²) in [5, 5.41) is 13.9. The lowest BCUT2D eigenvalue weighted by atomic mass is 9.34. The van der Waals surface area contributed by atoms with Gasteiger partial charge in [0.05, 0.1) is 25.7 Å². The molecule has 280 valence electrons. The molecule has 0 radical (unpaired) electrons. The first-order valence-corrected chi connectivity index (χ1v) is 19.2. The minimum atomic E-state index is -0.678. The molecule has 1 amide bonds. The van der Waals surface area contributed by atoms with Crippen molar-refractivity contribution in [3.05, 3.63) is 11.6 Å². The van der Waals surface area contributed by atoms with Crippen LogP contribution >= 0.6 is 0 Å². The number of esters is 2. The van der Waals surface area contributed by atoms with Crippen LogP contribution in [0.25, 0.3) is 0 Å². The highest BCUT2D eigenvalue weighted by Gasteiger charge is 2.72. The SMILES string of the molecule is CC(=O)NC1CCN(CC(=O)O[C@H]2[C@H](OC(C)=O)C[C@@]34COC[C@]2(C)[C@@H]3CC[C@H]2C4=CC[C@@]3(C)[C@H](C(=O)O)[C@@](C)([C@H](C)C(C)C)CC[C@]23C)C1. The standard InChI is InChI=1S/C40H62N2O8/c1-23(2)24(3)36(6)15-16-38(8)28-10-11-31-37(7)21-48-22-40(31,29(28)12-14-39(38,9)33(36)35(46)47)18-30(49-26(5)44)34(37)50-32(45)20-42-17-13-27(19-42)41-25(4)43/h12,23-24,27-28,30-31,33-34H,10-11,13-22H2,1-9H3,(H,41,43)(H,46,47)/t24-,27?,28+,30-,31+,33-,34+,36-,37-,38-,39+,40+/m1/s1. The van der Waals surface area contributed by atoms with Gasteiger partial charge in [0.1, 0.15) is 12.2 Å². The zero-order valence-corrected chi connectivity index (χ0v) is 31.9. The molecule has 50 heavy (non-hydrogen) atoms. The lowest BCUT2D eigenvalue weighted by Gasteiger charge is -2.71. The Labute approximate surface area is 298 Å². The minimum absolute atomic E-state index is 0.0126. The minimum Gasteiger partial charge on any atom is -0.481 e. The maximum atomic E-state index is 13.6. The summed E-state index contributed by atoms with van der Waals surface area (Å²) in [4.78, 5) is 53.2. The van der Waals surface area contributed by atoms with Gasteiger partial charge in [-0.05, 0) is 84.9 Å². The fraction of sp³-hybridized carbons (Fsp3) is 0.850. The summed E-state index contributed by atoms with van der Waals surface area (Å²) in [7, 11) is 0. The molecule has 4 aliphatic carbocycles. The molecule has 0 spiro atoms. The third-order valence-electron chi connectivity index (χ3n) is 15.7. The topological polar surface area (TPSA) is 131 Å². The van der Waals surface area contributed by atoms with E-state index in [-0.39, 0.29) is 53.0 Å². The van der Waals surface area contributed by atoms with Crippen LogP contribution in [0.2, 0.25) is 0 Å². The Morgan fingerprint density at radius 3 is 2.36 bits per heavy atom.